The number of nitrogens with zero attached hydrogens (tertiary/aromatic N) is 1. The topological polar surface area (TPSA) is 57.8 Å². The van der Waals surface area contributed by atoms with Crippen molar-refractivity contribution in [1.82, 2.24) is 9.97 Å². The molecule has 0 radical (unpaired) electrons. The first-order chi connectivity index (χ1) is 10.1. The van der Waals surface area contributed by atoms with Crippen LogP contribution >= 0.6 is 0 Å². The van der Waals surface area contributed by atoms with Crippen molar-refractivity contribution in [3.8, 4) is 11.4 Å². The van der Waals surface area contributed by atoms with Gasteiger partial charge < -0.3 is 10.3 Å². The number of para-hydroxylation sites is 1. The number of carbonyl (C=O) groups excluding carboxylic acids is 1. The number of fused-ring (bicyclic) bond motifs is 1. The first-order valence-corrected chi connectivity index (χ1v) is 6.27. The summed E-state index contributed by atoms with van der Waals surface area (Å²) in [5.74, 6) is -1.56. The number of H-pyrrole nitrogens is 1. The maximum Gasteiger partial charge on any atom is 0.221 e. The van der Waals surface area contributed by atoms with Crippen molar-refractivity contribution < 1.29 is 13.6 Å². The Balaban J connectivity index is 2.20. The summed E-state index contributed by atoms with van der Waals surface area (Å²) in [7, 11) is 0. The summed E-state index contributed by atoms with van der Waals surface area (Å²) in [6, 6.07) is 8.73. The molecule has 0 atom stereocenters. The van der Waals surface area contributed by atoms with Crippen LogP contribution in [0.3, 0.4) is 0 Å². The van der Waals surface area contributed by atoms with Crippen molar-refractivity contribution in [3.63, 3.8) is 0 Å². The second-order valence-electron chi connectivity index (χ2n) is 4.56. The number of aromatic nitrogens is 2. The molecule has 0 saturated heterocycles. The lowest BCUT2D eigenvalue weighted by atomic mass is 10.2. The van der Waals surface area contributed by atoms with Gasteiger partial charge in [-0.2, -0.15) is 0 Å². The van der Waals surface area contributed by atoms with Crippen LogP contribution in [0.15, 0.2) is 36.4 Å². The summed E-state index contributed by atoms with van der Waals surface area (Å²) >= 11 is 0. The zero-order valence-electron chi connectivity index (χ0n) is 11.1. The third-order valence-corrected chi connectivity index (χ3v) is 3.02. The van der Waals surface area contributed by atoms with Gasteiger partial charge in [0.05, 0.1) is 16.8 Å². The zero-order chi connectivity index (χ0) is 15.0. The summed E-state index contributed by atoms with van der Waals surface area (Å²) in [5, 5.41) is 2.63. The predicted molar refractivity (Wildman–Crippen MR) is 75.7 cm³/mol. The van der Waals surface area contributed by atoms with Gasteiger partial charge in [-0.05, 0) is 24.3 Å². The van der Waals surface area contributed by atoms with E-state index in [1.807, 2.05) is 0 Å². The molecule has 0 bridgehead atoms. The number of amides is 1. The highest BCUT2D eigenvalue weighted by atomic mass is 19.1. The lowest BCUT2D eigenvalue weighted by Gasteiger charge is -2.01. The van der Waals surface area contributed by atoms with Crippen LogP contribution in [0, 0.1) is 11.6 Å². The minimum Gasteiger partial charge on any atom is -0.338 e. The Morgan fingerprint density at radius 2 is 1.81 bits per heavy atom. The fraction of sp³-hybridized carbons (Fsp3) is 0.0667. The predicted octanol–water partition coefficient (Wildman–Crippen LogP) is 3.47. The molecule has 106 valence electrons. The SMILES string of the molecule is CC(=O)Nc1cccc2[nH]c(-c3c(F)cccc3F)nc12. The fourth-order valence-corrected chi connectivity index (χ4v) is 2.17. The molecule has 0 fully saturated rings. The average Bonchev–Trinajstić information content (AvgIpc) is 2.82. The Labute approximate surface area is 118 Å². The molecule has 3 rings (SSSR count). The molecule has 0 saturated carbocycles. The van der Waals surface area contributed by atoms with Crippen molar-refractivity contribution in [2.75, 3.05) is 5.32 Å². The summed E-state index contributed by atoms with van der Waals surface area (Å²) < 4.78 is 27.6. The molecule has 4 nitrogen and oxygen atoms in total. The quantitative estimate of drug-likeness (QED) is 0.758. The largest absolute Gasteiger partial charge is 0.338 e. The Morgan fingerprint density at radius 1 is 1.14 bits per heavy atom. The highest BCUT2D eigenvalue weighted by Gasteiger charge is 2.16. The molecule has 2 N–H and O–H groups in total. The molecule has 21 heavy (non-hydrogen) atoms. The van der Waals surface area contributed by atoms with E-state index in [0.29, 0.717) is 16.7 Å². The molecule has 2 aromatic carbocycles. The van der Waals surface area contributed by atoms with Crippen LogP contribution in [0.1, 0.15) is 6.92 Å². The van der Waals surface area contributed by atoms with E-state index in [4.69, 9.17) is 0 Å². The van der Waals surface area contributed by atoms with E-state index >= 15 is 0 Å². The third kappa shape index (κ3) is 2.35. The number of carbonyl (C=O) groups is 1. The molecule has 1 heterocycles. The van der Waals surface area contributed by atoms with E-state index < -0.39 is 11.6 Å². The van der Waals surface area contributed by atoms with Gasteiger partial charge in [-0.15, -0.1) is 0 Å². The monoisotopic (exact) mass is 287 g/mol. The summed E-state index contributed by atoms with van der Waals surface area (Å²) in [6.07, 6.45) is 0. The Hall–Kier alpha value is -2.76. The van der Waals surface area contributed by atoms with Crippen molar-refractivity contribution >= 4 is 22.6 Å². The van der Waals surface area contributed by atoms with Crippen LogP contribution in [-0.4, -0.2) is 15.9 Å². The van der Waals surface area contributed by atoms with Crippen LogP contribution in [-0.2, 0) is 4.79 Å². The number of aromatic amines is 1. The highest BCUT2D eigenvalue weighted by molar-refractivity contribution is 5.99. The molecule has 3 aromatic rings. The van der Waals surface area contributed by atoms with E-state index in [1.165, 1.54) is 25.1 Å². The molecule has 0 aliphatic rings. The van der Waals surface area contributed by atoms with Crippen LogP contribution in [0.25, 0.3) is 22.4 Å². The molecular formula is C15H11F2N3O. The molecule has 1 amide bonds. The van der Waals surface area contributed by atoms with Crippen LogP contribution in [0.4, 0.5) is 14.5 Å². The zero-order valence-corrected chi connectivity index (χ0v) is 11.1. The van der Waals surface area contributed by atoms with Gasteiger partial charge in [-0.1, -0.05) is 12.1 Å². The van der Waals surface area contributed by atoms with Gasteiger partial charge in [-0.25, -0.2) is 13.8 Å². The summed E-state index contributed by atoms with van der Waals surface area (Å²) in [4.78, 5) is 18.2. The fourth-order valence-electron chi connectivity index (χ4n) is 2.17. The number of benzene rings is 2. The molecule has 0 aliphatic carbocycles. The normalized spacial score (nSPS) is 10.8. The number of nitrogens with one attached hydrogen (secondary N) is 2. The van der Waals surface area contributed by atoms with Crippen molar-refractivity contribution in [3.05, 3.63) is 48.0 Å². The van der Waals surface area contributed by atoms with Gasteiger partial charge in [0.15, 0.2) is 0 Å². The van der Waals surface area contributed by atoms with Crippen LogP contribution < -0.4 is 5.32 Å². The van der Waals surface area contributed by atoms with E-state index in [-0.39, 0.29) is 17.3 Å². The van der Waals surface area contributed by atoms with E-state index in [1.54, 1.807) is 18.2 Å². The lowest BCUT2D eigenvalue weighted by Crippen LogP contribution is -2.05. The Kier molecular flexibility index (Phi) is 3.13. The van der Waals surface area contributed by atoms with Gasteiger partial charge in [0.25, 0.3) is 0 Å². The second-order valence-corrected chi connectivity index (χ2v) is 4.56. The minimum absolute atomic E-state index is 0.0819. The molecule has 6 heteroatoms. The molecule has 1 aromatic heterocycles. The maximum atomic E-state index is 13.8. The number of imidazole rings is 1. The van der Waals surface area contributed by atoms with Crippen molar-refractivity contribution in [2.24, 2.45) is 0 Å². The summed E-state index contributed by atoms with van der Waals surface area (Å²) in [6.45, 7) is 1.38. The molecule has 0 aliphatic heterocycles. The van der Waals surface area contributed by atoms with Gasteiger partial charge in [0.1, 0.15) is 23.0 Å². The summed E-state index contributed by atoms with van der Waals surface area (Å²) in [5.41, 5.74) is 1.30. The molecule has 0 spiro atoms. The van der Waals surface area contributed by atoms with Gasteiger partial charge >= 0.3 is 0 Å². The van der Waals surface area contributed by atoms with Gasteiger partial charge in [-0.3, -0.25) is 4.79 Å². The average molecular weight is 287 g/mol. The standard InChI is InChI=1S/C15H11F2N3O/c1-8(21)18-11-6-3-7-12-14(11)20-15(19-12)13-9(16)4-2-5-10(13)17/h2-7H,1H3,(H,18,21)(H,19,20). The van der Waals surface area contributed by atoms with E-state index in [0.717, 1.165) is 0 Å². The Bertz CT molecular complexity index is 822. The van der Waals surface area contributed by atoms with Crippen LogP contribution in [0.2, 0.25) is 0 Å². The molecular weight excluding hydrogens is 276 g/mol. The molecule has 0 unspecified atom stereocenters. The first kappa shape index (κ1) is 13.2. The van der Waals surface area contributed by atoms with Crippen molar-refractivity contribution in [2.45, 2.75) is 6.92 Å². The minimum atomic E-state index is -0.699. The second kappa shape index (κ2) is 4.97. The van der Waals surface area contributed by atoms with E-state index in [2.05, 4.69) is 15.3 Å². The number of halogens is 2. The third-order valence-electron chi connectivity index (χ3n) is 3.02. The smallest absolute Gasteiger partial charge is 0.221 e. The van der Waals surface area contributed by atoms with Gasteiger partial charge in [0, 0.05) is 6.92 Å². The van der Waals surface area contributed by atoms with E-state index in [9.17, 15) is 13.6 Å². The number of hydrogen-bond acceptors (Lipinski definition) is 2. The van der Waals surface area contributed by atoms with Crippen LogP contribution in [0.5, 0.6) is 0 Å². The Morgan fingerprint density at radius 3 is 2.48 bits per heavy atom. The maximum absolute atomic E-state index is 13.8. The lowest BCUT2D eigenvalue weighted by molar-refractivity contribution is -0.114. The van der Waals surface area contributed by atoms with Gasteiger partial charge in [0.2, 0.25) is 5.91 Å². The number of hydrogen-bond donors (Lipinski definition) is 2. The number of anilines is 1. The highest BCUT2D eigenvalue weighted by Crippen LogP contribution is 2.28. The first-order valence-electron chi connectivity index (χ1n) is 6.27. The number of rotatable bonds is 2. The van der Waals surface area contributed by atoms with Crippen molar-refractivity contribution in [1.29, 1.82) is 0 Å².